The third-order valence-electron chi connectivity index (χ3n) is 4.11. The molecule has 1 saturated heterocycles. The lowest BCUT2D eigenvalue weighted by Crippen LogP contribution is -2.54. The SMILES string of the molecule is CCC(C)[C@H](N)C(=O)N1CCN(c2ccccn2)CC1. The van der Waals surface area contributed by atoms with Gasteiger partial charge in [-0.3, -0.25) is 4.79 Å². The first kappa shape index (κ1) is 14.8. The fourth-order valence-corrected chi connectivity index (χ4v) is 2.40. The number of nitrogens with two attached hydrogens (primary N) is 1. The van der Waals surface area contributed by atoms with Gasteiger partial charge < -0.3 is 15.5 Å². The maximum Gasteiger partial charge on any atom is 0.239 e. The Labute approximate surface area is 120 Å². The Morgan fingerprint density at radius 3 is 2.60 bits per heavy atom. The molecule has 1 aromatic rings. The summed E-state index contributed by atoms with van der Waals surface area (Å²) in [5.74, 6) is 1.29. The van der Waals surface area contributed by atoms with Crippen LogP contribution in [0.25, 0.3) is 0 Å². The Balaban J connectivity index is 1.90. The summed E-state index contributed by atoms with van der Waals surface area (Å²) in [6.07, 6.45) is 2.73. The number of piperazine rings is 1. The number of hydrogen-bond donors (Lipinski definition) is 1. The highest BCUT2D eigenvalue weighted by molar-refractivity contribution is 5.82. The standard InChI is InChI=1S/C15H24N4O/c1-3-12(2)14(16)15(20)19-10-8-18(9-11-19)13-6-4-5-7-17-13/h4-7,12,14H,3,8-11,16H2,1-2H3/t12?,14-/m0/s1. The summed E-state index contributed by atoms with van der Waals surface area (Å²) < 4.78 is 0. The van der Waals surface area contributed by atoms with Gasteiger partial charge in [0.05, 0.1) is 6.04 Å². The molecule has 1 aliphatic rings. The van der Waals surface area contributed by atoms with Gasteiger partial charge in [0.1, 0.15) is 5.82 Å². The molecule has 0 aliphatic carbocycles. The van der Waals surface area contributed by atoms with Gasteiger partial charge in [-0.05, 0) is 18.1 Å². The van der Waals surface area contributed by atoms with Crippen LogP contribution in [0.1, 0.15) is 20.3 Å². The van der Waals surface area contributed by atoms with Gasteiger partial charge in [-0.2, -0.15) is 0 Å². The lowest BCUT2D eigenvalue weighted by atomic mass is 9.98. The van der Waals surface area contributed by atoms with Crippen molar-refractivity contribution in [3.63, 3.8) is 0 Å². The molecule has 110 valence electrons. The number of carbonyl (C=O) groups is 1. The number of amides is 1. The Bertz CT molecular complexity index is 429. The Morgan fingerprint density at radius 2 is 2.05 bits per heavy atom. The van der Waals surface area contributed by atoms with Gasteiger partial charge >= 0.3 is 0 Å². The van der Waals surface area contributed by atoms with Crippen LogP contribution in [0.3, 0.4) is 0 Å². The molecule has 0 aromatic carbocycles. The van der Waals surface area contributed by atoms with Gasteiger partial charge in [-0.1, -0.05) is 26.3 Å². The van der Waals surface area contributed by atoms with Crippen molar-refractivity contribution in [2.24, 2.45) is 11.7 Å². The number of anilines is 1. The molecule has 2 atom stereocenters. The number of hydrogen-bond acceptors (Lipinski definition) is 4. The molecule has 2 heterocycles. The van der Waals surface area contributed by atoms with Gasteiger partial charge in [-0.25, -0.2) is 4.98 Å². The fraction of sp³-hybridized carbons (Fsp3) is 0.600. The van der Waals surface area contributed by atoms with Gasteiger partial charge in [0.25, 0.3) is 0 Å². The van der Waals surface area contributed by atoms with E-state index in [-0.39, 0.29) is 17.9 Å². The van der Waals surface area contributed by atoms with E-state index >= 15 is 0 Å². The zero-order valence-electron chi connectivity index (χ0n) is 12.3. The quantitative estimate of drug-likeness (QED) is 0.894. The number of aromatic nitrogens is 1. The molecule has 1 aliphatic heterocycles. The number of pyridine rings is 1. The first-order valence-corrected chi connectivity index (χ1v) is 7.33. The van der Waals surface area contributed by atoms with Crippen LogP contribution in [0.5, 0.6) is 0 Å². The highest BCUT2D eigenvalue weighted by Gasteiger charge is 2.27. The average Bonchev–Trinajstić information content (AvgIpc) is 2.53. The second-order valence-electron chi connectivity index (χ2n) is 5.41. The average molecular weight is 276 g/mol. The van der Waals surface area contributed by atoms with Crippen molar-refractivity contribution in [1.82, 2.24) is 9.88 Å². The first-order valence-electron chi connectivity index (χ1n) is 7.33. The fourth-order valence-electron chi connectivity index (χ4n) is 2.40. The zero-order valence-corrected chi connectivity index (χ0v) is 12.3. The minimum absolute atomic E-state index is 0.0834. The predicted octanol–water partition coefficient (Wildman–Crippen LogP) is 1.10. The summed E-state index contributed by atoms with van der Waals surface area (Å²) in [7, 11) is 0. The largest absolute Gasteiger partial charge is 0.353 e. The maximum atomic E-state index is 12.3. The molecule has 5 nitrogen and oxygen atoms in total. The smallest absolute Gasteiger partial charge is 0.239 e. The molecule has 1 amide bonds. The van der Waals surface area contributed by atoms with E-state index in [0.717, 1.165) is 38.4 Å². The van der Waals surface area contributed by atoms with Gasteiger partial charge in [-0.15, -0.1) is 0 Å². The number of carbonyl (C=O) groups excluding carboxylic acids is 1. The molecule has 2 N–H and O–H groups in total. The summed E-state index contributed by atoms with van der Waals surface area (Å²) in [5, 5.41) is 0. The molecule has 1 fully saturated rings. The summed E-state index contributed by atoms with van der Waals surface area (Å²) in [4.78, 5) is 20.7. The molecule has 5 heteroatoms. The monoisotopic (exact) mass is 276 g/mol. The van der Waals surface area contributed by atoms with Gasteiger partial charge in [0, 0.05) is 32.4 Å². The van der Waals surface area contributed by atoms with Crippen LogP contribution < -0.4 is 10.6 Å². The van der Waals surface area contributed by atoms with Crippen LogP contribution in [0.2, 0.25) is 0 Å². The molecule has 0 bridgehead atoms. The lowest BCUT2D eigenvalue weighted by Gasteiger charge is -2.37. The molecule has 1 aromatic heterocycles. The molecule has 0 spiro atoms. The van der Waals surface area contributed by atoms with E-state index in [9.17, 15) is 4.79 Å². The molecule has 0 saturated carbocycles. The zero-order chi connectivity index (χ0) is 14.5. The normalized spacial score (nSPS) is 18.8. The summed E-state index contributed by atoms with van der Waals surface area (Å²) in [5.41, 5.74) is 6.03. The Hall–Kier alpha value is -1.62. The highest BCUT2D eigenvalue weighted by Crippen LogP contribution is 2.14. The Morgan fingerprint density at radius 1 is 1.35 bits per heavy atom. The van der Waals surface area contributed by atoms with Crippen molar-refractivity contribution in [1.29, 1.82) is 0 Å². The molecule has 0 radical (unpaired) electrons. The van der Waals surface area contributed by atoms with Crippen LogP contribution in [0, 0.1) is 5.92 Å². The second kappa shape index (κ2) is 6.70. The van der Waals surface area contributed by atoms with E-state index in [1.54, 1.807) is 6.20 Å². The topological polar surface area (TPSA) is 62.5 Å². The van der Waals surface area contributed by atoms with Crippen LogP contribution in [-0.4, -0.2) is 48.0 Å². The third kappa shape index (κ3) is 3.28. The van der Waals surface area contributed by atoms with E-state index in [0.29, 0.717) is 0 Å². The summed E-state index contributed by atoms with van der Waals surface area (Å²) in [6.45, 7) is 7.18. The van der Waals surface area contributed by atoms with Crippen molar-refractivity contribution in [2.75, 3.05) is 31.1 Å². The van der Waals surface area contributed by atoms with Crippen LogP contribution in [0.15, 0.2) is 24.4 Å². The molecular formula is C15H24N4O. The van der Waals surface area contributed by atoms with E-state index in [2.05, 4.69) is 16.8 Å². The van der Waals surface area contributed by atoms with Crippen LogP contribution in [-0.2, 0) is 4.79 Å². The van der Waals surface area contributed by atoms with Crippen LogP contribution >= 0.6 is 0 Å². The maximum absolute atomic E-state index is 12.3. The summed E-state index contributed by atoms with van der Waals surface area (Å²) >= 11 is 0. The van der Waals surface area contributed by atoms with E-state index in [1.165, 1.54) is 0 Å². The van der Waals surface area contributed by atoms with Crippen LogP contribution in [0.4, 0.5) is 5.82 Å². The predicted molar refractivity (Wildman–Crippen MR) is 80.5 cm³/mol. The van der Waals surface area contributed by atoms with Crippen molar-refractivity contribution < 1.29 is 4.79 Å². The van der Waals surface area contributed by atoms with Crippen molar-refractivity contribution in [3.05, 3.63) is 24.4 Å². The molecule has 1 unspecified atom stereocenters. The highest BCUT2D eigenvalue weighted by atomic mass is 16.2. The van der Waals surface area contributed by atoms with E-state index < -0.39 is 0 Å². The van der Waals surface area contributed by atoms with Gasteiger partial charge in [0.15, 0.2) is 0 Å². The molecule has 20 heavy (non-hydrogen) atoms. The van der Waals surface area contributed by atoms with Crippen molar-refractivity contribution >= 4 is 11.7 Å². The Kier molecular flexibility index (Phi) is 4.95. The number of rotatable bonds is 4. The van der Waals surface area contributed by atoms with Gasteiger partial charge in [0.2, 0.25) is 5.91 Å². The molecule has 2 rings (SSSR count). The second-order valence-corrected chi connectivity index (χ2v) is 5.41. The first-order chi connectivity index (χ1) is 9.63. The number of nitrogens with zero attached hydrogens (tertiary/aromatic N) is 3. The minimum atomic E-state index is -0.374. The lowest BCUT2D eigenvalue weighted by molar-refractivity contribution is -0.134. The van der Waals surface area contributed by atoms with Crippen molar-refractivity contribution in [3.8, 4) is 0 Å². The molecular weight excluding hydrogens is 252 g/mol. The van der Waals surface area contributed by atoms with E-state index in [4.69, 9.17) is 5.73 Å². The summed E-state index contributed by atoms with van der Waals surface area (Å²) in [6, 6.07) is 5.52. The van der Waals surface area contributed by atoms with E-state index in [1.807, 2.05) is 30.0 Å². The minimum Gasteiger partial charge on any atom is -0.353 e. The van der Waals surface area contributed by atoms with Crippen molar-refractivity contribution in [2.45, 2.75) is 26.3 Å². The third-order valence-corrected chi connectivity index (χ3v) is 4.11.